The molecular formula is C17H31N3S. The molecule has 120 valence electrons. The monoisotopic (exact) mass is 309 g/mol. The van der Waals surface area contributed by atoms with Gasteiger partial charge in [-0.3, -0.25) is 4.90 Å². The third-order valence-corrected chi connectivity index (χ3v) is 6.17. The lowest BCUT2D eigenvalue weighted by molar-refractivity contribution is 0.0387. The van der Waals surface area contributed by atoms with Gasteiger partial charge in [-0.1, -0.05) is 34.1 Å². The van der Waals surface area contributed by atoms with Gasteiger partial charge in [0.1, 0.15) is 0 Å². The zero-order valence-electron chi connectivity index (χ0n) is 14.3. The molecule has 2 heterocycles. The normalized spacial score (nSPS) is 24.1. The van der Waals surface area contributed by atoms with Gasteiger partial charge in [0.2, 0.25) is 0 Å². The van der Waals surface area contributed by atoms with Crippen LogP contribution in [0.15, 0.2) is 5.38 Å². The Morgan fingerprint density at radius 1 is 1.43 bits per heavy atom. The Kier molecular flexibility index (Phi) is 5.81. The van der Waals surface area contributed by atoms with E-state index < -0.39 is 0 Å². The van der Waals surface area contributed by atoms with Crippen molar-refractivity contribution in [1.29, 1.82) is 0 Å². The maximum Gasteiger partial charge on any atom is 0.0897 e. The number of nitrogens with zero attached hydrogens (tertiary/aromatic N) is 2. The van der Waals surface area contributed by atoms with E-state index in [0.29, 0.717) is 6.04 Å². The molecule has 0 aliphatic carbocycles. The molecule has 0 amide bonds. The summed E-state index contributed by atoms with van der Waals surface area (Å²) in [6.07, 6.45) is 3.64. The molecule has 0 spiro atoms. The van der Waals surface area contributed by atoms with Gasteiger partial charge >= 0.3 is 0 Å². The fourth-order valence-electron chi connectivity index (χ4n) is 3.43. The van der Waals surface area contributed by atoms with Crippen molar-refractivity contribution in [2.24, 2.45) is 5.92 Å². The first-order chi connectivity index (χ1) is 10.0. The molecule has 1 aromatic heterocycles. The van der Waals surface area contributed by atoms with Gasteiger partial charge in [-0.2, -0.15) is 0 Å². The summed E-state index contributed by atoms with van der Waals surface area (Å²) < 4.78 is 0. The smallest absolute Gasteiger partial charge is 0.0897 e. The minimum absolute atomic E-state index is 0.287. The summed E-state index contributed by atoms with van der Waals surface area (Å²) in [5.41, 5.74) is 1.53. The zero-order valence-corrected chi connectivity index (χ0v) is 15.1. The molecule has 1 saturated heterocycles. The summed E-state index contributed by atoms with van der Waals surface area (Å²) in [6, 6.07) is 0.628. The van der Waals surface area contributed by atoms with Crippen molar-refractivity contribution < 1.29 is 0 Å². The van der Waals surface area contributed by atoms with Crippen molar-refractivity contribution >= 4 is 11.3 Å². The maximum atomic E-state index is 4.68. The third kappa shape index (κ3) is 3.85. The van der Waals surface area contributed by atoms with Crippen LogP contribution in [0.3, 0.4) is 0 Å². The summed E-state index contributed by atoms with van der Waals surface area (Å²) in [5.74, 6) is 0.726. The van der Waals surface area contributed by atoms with Crippen LogP contribution >= 0.6 is 11.3 Å². The van der Waals surface area contributed by atoms with E-state index in [0.717, 1.165) is 25.6 Å². The molecule has 1 aliphatic rings. The molecule has 3 nitrogen and oxygen atoms in total. The number of aryl methyl sites for hydroxylation is 1. The molecule has 2 rings (SSSR count). The second-order valence-electron chi connectivity index (χ2n) is 6.58. The van der Waals surface area contributed by atoms with Gasteiger partial charge in [0.25, 0.3) is 0 Å². The van der Waals surface area contributed by atoms with Gasteiger partial charge in [0.15, 0.2) is 0 Å². The largest absolute Gasteiger partial charge is 0.308 e. The molecule has 2 atom stereocenters. The summed E-state index contributed by atoms with van der Waals surface area (Å²) >= 11 is 1.77. The lowest BCUT2D eigenvalue weighted by atomic mass is 9.85. The van der Waals surface area contributed by atoms with Crippen LogP contribution in [0, 0.1) is 12.8 Å². The minimum atomic E-state index is 0.287. The van der Waals surface area contributed by atoms with E-state index in [1.165, 1.54) is 30.0 Å². The van der Waals surface area contributed by atoms with Crippen LogP contribution in [-0.4, -0.2) is 34.6 Å². The fraction of sp³-hybridized carbons (Fsp3) is 0.824. The number of thiazole rings is 1. The Hall–Kier alpha value is -0.450. The molecule has 1 aromatic rings. The van der Waals surface area contributed by atoms with E-state index in [1.807, 2.05) is 0 Å². The predicted octanol–water partition coefficient (Wildman–Crippen LogP) is 3.83. The molecule has 4 heteroatoms. The zero-order chi connectivity index (χ0) is 15.5. The topological polar surface area (TPSA) is 28.2 Å². The number of aromatic nitrogens is 1. The summed E-state index contributed by atoms with van der Waals surface area (Å²) in [7, 11) is 0. The Labute approximate surface area is 134 Å². The SMILES string of the molecule is CCC(C)C1CNC(CC)(CC)CN1Cc1csc(C)n1. The summed E-state index contributed by atoms with van der Waals surface area (Å²) in [5, 5.41) is 7.26. The second kappa shape index (κ2) is 7.21. The maximum absolute atomic E-state index is 4.68. The molecule has 21 heavy (non-hydrogen) atoms. The van der Waals surface area contributed by atoms with Crippen LogP contribution in [-0.2, 0) is 6.54 Å². The van der Waals surface area contributed by atoms with Gasteiger partial charge in [-0.25, -0.2) is 4.98 Å². The third-order valence-electron chi connectivity index (χ3n) is 5.35. The van der Waals surface area contributed by atoms with Crippen LogP contribution in [0.1, 0.15) is 57.7 Å². The first kappa shape index (κ1) is 16.9. The Balaban J connectivity index is 2.16. The predicted molar refractivity (Wildman–Crippen MR) is 91.8 cm³/mol. The highest BCUT2D eigenvalue weighted by Gasteiger charge is 2.38. The second-order valence-corrected chi connectivity index (χ2v) is 7.65. The average Bonchev–Trinajstić information content (AvgIpc) is 2.91. The number of rotatable bonds is 6. The number of piperazine rings is 1. The van der Waals surface area contributed by atoms with Gasteiger partial charge in [-0.15, -0.1) is 11.3 Å². The van der Waals surface area contributed by atoms with E-state index in [-0.39, 0.29) is 5.54 Å². The van der Waals surface area contributed by atoms with Crippen LogP contribution < -0.4 is 5.32 Å². The number of nitrogens with one attached hydrogen (secondary N) is 1. The van der Waals surface area contributed by atoms with E-state index in [4.69, 9.17) is 0 Å². The molecule has 1 fully saturated rings. The van der Waals surface area contributed by atoms with Gasteiger partial charge < -0.3 is 5.32 Å². The Bertz CT molecular complexity index is 439. The van der Waals surface area contributed by atoms with Crippen molar-refractivity contribution in [3.05, 3.63) is 16.1 Å². The molecule has 0 radical (unpaired) electrons. The lowest BCUT2D eigenvalue weighted by Crippen LogP contribution is -2.64. The van der Waals surface area contributed by atoms with Crippen molar-refractivity contribution in [2.45, 2.75) is 72.0 Å². The first-order valence-corrected chi connectivity index (χ1v) is 9.31. The van der Waals surface area contributed by atoms with Gasteiger partial charge in [-0.05, 0) is 25.7 Å². The van der Waals surface area contributed by atoms with Crippen LogP contribution in [0.25, 0.3) is 0 Å². The van der Waals surface area contributed by atoms with Gasteiger partial charge in [0, 0.05) is 36.6 Å². The number of hydrogen-bond acceptors (Lipinski definition) is 4. The van der Waals surface area contributed by atoms with E-state index >= 15 is 0 Å². The molecule has 1 N–H and O–H groups in total. The quantitative estimate of drug-likeness (QED) is 0.865. The molecule has 2 unspecified atom stereocenters. The van der Waals surface area contributed by atoms with E-state index in [1.54, 1.807) is 11.3 Å². The molecule has 0 bridgehead atoms. The first-order valence-electron chi connectivity index (χ1n) is 8.43. The molecular weight excluding hydrogens is 278 g/mol. The fourth-order valence-corrected chi connectivity index (χ4v) is 4.03. The summed E-state index contributed by atoms with van der Waals surface area (Å²) in [6.45, 7) is 14.7. The number of hydrogen-bond donors (Lipinski definition) is 1. The molecule has 0 aromatic carbocycles. The minimum Gasteiger partial charge on any atom is -0.308 e. The highest BCUT2D eigenvalue weighted by atomic mass is 32.1. The van der Waals surface area contributed by atoms with E-state index in [9.17, 15) is 0 Å². The van der Waals surface area contributed by atoms with E-state index in [2.05, 4.69) is 55.2 Å². The Morgan fingerprint density at radius 2 is 2.14 bits per heavy atom. The molecule has 0 saturated carbocycles. The van der Waals surface area contributed by atoms with Crippen LogP contribution in [0.2, 0.25) is 0 Å². The van der Waals surface area contributed by atoms with Crippen LogP contribution in [0.4, 0.5) is 0 Å². The highest BCUT2D eigenvalue weighted by molar-refractivity contribution is 7.09. The highest BCUT2D eigenvalue weighted by Crippen LogP contribution is 2.28. The molecule has 1 aliphatic heterocycles. The average molecular weight is 310 g/mol. The van der Waals surface area contributed by atoms with Crippen molar-refractivity contribution in [3.8, 4) is 0 Å². The van der Waals surface area contributed by atoms with Gasteiger partial charge in [0.05, 0.1) is 10.7 Å². The van der Waals surface area contributed by atoms with Crippen molar-refractivity contribution in [1.82, 2.24) is 15.2 Å². The van der Waals surface area contributed by atoms with Crippen molar-refractivity contribution in [3.63, 3.8) is 0 Å². The lowest BCUT2D eigenvalue weighted by Gasteiger charge is -2.49. The van der Waals surface area contributed by atoms with Crippen LogP contribution in [0.5, 0.6) is 0 Å². The van der Waals surface area contributed by atoms with Crippen molar-refractivity contribution in [2.75, 3.05) is 13.1 Å². The standard InChI is InChI=1S/C17H31N3S/c1-6-13(4)16-9-18-17(7-2,8-3)12-20(16)10-15-11-21-14(5)19-15/h11,13,16,18H,6-10,12H2,1-5H3. The Morgan fingerprint density at radius 3 is 2.67 bits per heavy atom. The summed E-state index contributed by atoms with van der Waals surface area (Å²) in [4.78, 5) is 7.37.